The van der Waals surface area contributed by atoms with Crippen LogP contribution in [0, 0.1) is 22.7 Å². The summed E-state index contributed by atoms with van der Waals surface area (Å²) in [4.78, 5) is 109. The van der Waals surface area contributed by atoms with Gasteiger partial charge in [-0.05, 0) is 148 Å². The van der Waals surface area contributed by atoms with E-state index in [1.54, 1.807) is 83.1 Å². The highest BCUT2D eigenvalue weighted by Gasteiger charge is 2.36. The van der Waals surface area contributed by atoms with Crippen LogP contribution < -0.4 is 21.3 Å². The largest absolute Gasteiger partial charge is 0.460 e. The molecule has 0 spiro atoms. The van der Waals surface area contributed by atoms with Gasteiger partial charge in [0.05, 0.1) is 36.3 Å². The molecule has 442 valence electrons. The first kappa shape index (κ1) is 72.4. The zero-order valence-corrected chi connectivity index (χ0v) is 52.7. The molecule has 0 aromatic carbocycles. The van der Waals surface area contributed by atoms with Crippen molar-refractivity contribution in [1.82, 2.24) is 21.3 Å². The summed E-state index contributed by atoms with van der Waals surface area (Å²) in [6, 6.07) is -3.21. The molecule has 0 aliphatic carbocycles. The highest BCUT2D eigenvalue weighted by Crippen LogP contribution is 2.30. The van der Waals surface area contributed by atoms with Crippen LogP contribution in [0.1, 0.15) is 205 Å². The topological polar surface area (TPSA) is 240 Å². The zero-order valence-electron chi connectivity index (χ0n) is 51.1. The number of carbonyl (C=O) groups is 8. The first-order chi connectivity index (χ1) is 33.9. The number of esters is 2. The van der Waals surface area contributed by atoms with Crippen LogP contribution in [-0.4, -0.2) is 130 Å². The number of amides is 4. The fourth-order valence-corrected chi connectivity index (χ4v) is 9.20. The molecule has 6 atom stereocenters. The van der Waals surface area contributed by atoms with Gasteiger partial charge in [0, 0.05) is 49.3 Å². The molecule has 0 aliphatic heterocycles. The van der Waals surface area contributed by atoms with E-state index in [9.17, 15) is 38.4 Å². The van der Waals surface area contributed by atoms with Gasteiger partial charge in [-0.1, -0.05) is 63.1 Å². The summed E-state index contributed by atoms with van der Waals surface area (Å²) < 4.78 is 34.5. The number of nitrogens with one attached hydrogen (secondary N) is 4. The summed E-state index contributed by atoms with van der Waals surface area (Å²) in [5, 5.41) is 11.4. The fourth-order valence-electron chi connectivity index (χ4n) is 6.75. The monoisotopic (exact) mass is 1120 g/mol. The molecule has 18 nitrogen and oxygen atoms in total. The molecule has 0 aliphatic rings. The first-order valence-electron chi connectivity index (χ1n) is 26.6. The van der Waals surface area contributed by atoms with Crippen LogP contribution in [-0.2, 0) is 57.2 Å². The van der Waals surface area contributed by atoms with Crippen molar-refractivity contribution >= 4 is 69.1 Å². The van der Waals surface area contributed by atoms with Crippen molar-refractivity contribution in [3.05, 3.63) is 0 Å². The molecule has 0 saturated heterocycles. The van der Waals surface area contributed by atoms with Crippen molar-refractivity contribution in [2.75, 3.05) is 24.7 Å². The Labute approximate surface area is 465 Å². The number of alkyl carbamates (subject to hydrolysis) is 2. The summed E-state index contributed by atoms with van der Waals surface area (Å²) in [6.07, 6.45) is -1.20. The molecule has 0 bridgehead atoms. The molecular weight excluding hydrogens is 1020 g/mol. The van der Waals surface area contributed by atoms with Crippen LogP contribution in [0.2, 0.25) is 0 Å². The van der Waals surface area contributed by atoms with Gasteiger partial charge in [0.15, 0.2) is 5.78 Å². The minimum Gasteiger partial charge on any atom is -0.460 e. The van der Waals surface area contributed by atoms with E-state index >= 15 is 0 Å². The molecule has 76 heavy (non-hydrogen) atoms. The van der Waals surface area contributed by atoms with E-state index in [2.05, 4.69) is 21.3 Å². The van der Waals surface area contributed by atoms with Crippen LogP contribution in [0.25, 0.3) is 0 Å². The second-order valence-electron chi connectivity index (χ2n) is 27.7. The molecule has 0 radical (unpaired) electrons. The highest BCUT2D eigenvalue weighted by atomic mass is 33.1. The van der Waals surface area contributed by atoms with E-state index in [1.807, 2.05) is 83.1 Å². The van der Waals surface area contributed by atoms with E-state index in [4.69, 9.17) is 28.4 Å². The van der Waals surface area contributed by atoms with E-state index in [0.717, 1.165) is 0 Å². The Hall–Kier alpha value is -3.62. The van der Waals surface area contributed by atoms with E-state index in [-0.39, 0.29) is 69.0 Å². The second-order valence-corrected chi connectivity index (χ2v) is 30.2. The molecule has 4 amide bonds. The lowest BCUT2D eigenvalue weighted by Gasteiger charge is -2.32. The Morgan fingerprint density at radius 3 is 1.24 bits per heavy atom. The predicted molar refractivity (Wildman–Crippen MR) is 302 cm³/mol. The van der Waals surface area contributed by atoms with Gasteiger partial charge in [-0.3, -0.25) is 24.0 Å². The lowest BCUT2D eigenvalue weighted by atomic mass is 9.83. The zero-order chi connectivity index (χ0) is 59.6. The average molecular weight is 1120 g/mol. The predicted octanol–water partition coefficient (Wildman–Crippen LogP) is 10.2. The first-order valence-corrected chi connectivity index (χ1v) is 29.1. The molecule has 4 N–H and O–H groups in total. The number of hydrogen-bond donors (Lipinski definition) is 4. The number of carbonyl (C=O) groups excluding carboxylic acids is 8. The van der Waals surface area contributed by atoms with Gasteiger partial charge < -0.3 is 49.7 Å². The van der Waals surface area contributed by atoms with Gasteiger partial charge in [0.2, 0.25) is 11.8 Å². The standard InChI is InChI=1S/C56H102N4O14S2/c1-49(2,3)41(59-47(67)73-55(19,20)21)26-25-37(61)29-35(31-69-51(7,8)9)44(64)58-39(46(66)72-54(16,17)18)34-76-75-33-36(45(65)71-53(13,14)15)30-40(62)38(32-70-52(10,11)12)57-43(63)28-27-42(50(4,5)6)60-48(68)74-56(22,23)24/h35-36,38-39,41-42H,25-34H2,1-24H3,(H,57,63)(H,58,64)(H,59,67)(H,60,68)/t35-,36-,38-,39-,41-,42-/m0/s1. The Kier molecular flexibility index (Phi) is 28.7. The van der Waals surface area contributed by atoms with Crippen LogP contribution in [0.5, 0.6) is 0 Å². The number of Topliss-reactive ketones (excluding diaryl/α,β-unsaturated/α-hetero) is 2. The van der Waals surface area contributed by atoms with Gasteiger partial charge >= 0.3 is 24.1 Å². The number of rotatable bonds is 27. The average Bonchev–Trinajstić information content (AvgIpc) is 3.17. The minimum absolute atomic E-state index is 0.0266. The van der Waals surface area contributed by atoms with Gasteiger partial charge in [0.25, 0.3) is 0 Å². The summed E-state index contributed by atoms with van der Waals surface area (Å²) in [5.41, 5.74) is -5.47. The minimum atomic E-state index is -1.20. The summed E-state index contributed by atoms with van der Waals surface area (Å²) >= 11 is 0. The molecule has 0 saturated carbocycles. The molecule has 0 unspecified atom stereocenters. The van der Waals surface area contributed by atoms with E-state index in [0.29, 0.717) is 0 Å². The summed E-state index contributed by atoms with van der Waals surface area (Å²) in [7, 11) is 2.36. The Bertz CT molecular complexity index is 1770. The fraction of sp³-hybridized carbons (Fsp3) is 0.857. The molecular formula is C56H102N4O14S2. The normalized spacial score (nSPS) is 15.4. The number of ketones is 2. The lowest BCUT2D eigenvalue weighted by Crippen LogP contribution is -2.49. The smallest absolute Gasteiger partial charge is 0.407 e. The van der Waals surface area contributed by atoms with Crippen molar-refractivity contribution in [1.29, 1.82) is 0 Å². The maximum Gasteiger partial charge on any atom is 0.407 e. The molecule has 0 rings (SSSR count). The van der Waals surface area contributed by atoms with Crippen LogP contribution in [0.3, 0.4) is 0 Å². The van der Waals surface area contributed by atoms with Crippen LogP contribution in [0.4, 0.5) is 9.59 Å². The van der Waals surface area contributed by atoms with Crippen molar-refractivity contribution in [3.63, 3.8) is 0 Å². The van der Waals surface area contributed by atoms with Crippen molar-refractivity contribution in [3.8, 4) is 0 Å². The highest BCUT2D eigenvalue weighted by molar-refractivity contribution is 8.76. The van der Waals surface area contributed by atoms with Crippen molar-refractivity contribution in [2.24, 2.45) is 22.7 Å². The van der Waals surface area contributed by atoms with E-state index < -0.39 is 122 Å². The third-order valence-corrected chi connectivity index (χ3v) is 13.1. The molecule has 0 aromatic rings. The van der Waals surface area contributed by atoms with Crippen molar-refractivity contribution in [2.45, 2.75) is 262 Å². The molecule has 0 fully saturated rings. The van der Waals surface area contributed by atoms with Gasteiger partial charge in [-0.25, -0.2) is 14.4 Å². The van der Waals surface area contributed by atoms with Crippen LogP contribution in [0.15, 0.2) is 0 Å². The maximum absolute atomic E-state index is 14.2. The number of hydrogen-bond acceptors (Lipinski definition) is 16. The Morgan fingerprint density at radius 2 is 0.816 bits per heavy atom. The summed E-state index contributed by atoms with van der Waals surface area (Å²) in [5.74, 6) is -5.11. The van der Waals surface area contributed by atoms with Crippen molar-refractivity contribution < 1.29 is 66.8 Å². The maximum atomic E-state index is 14.2. The lowest BCUT2D eigenvalue weighted by molar-refractivity contribution is -0.160. The Balaban J connectivity index is 6.55. The van der Waals surface area contributed by atoms with E-state index in [1.165, 1.54) is 21.6 Å². The van der Waals surface area contributed by atoms with Crippen LogP contribution >= 0.6 is 21.6 Å². The quantitative estimate of drug-likeness (QED) is 0.0259. The van der Waals surface area contributed by atoms with Gasteiger partial charge in [-0.2, -0.15) is 0 Å². The van der Waals surface area contributed by atoms with Gasteiger partial charge in [-0.15, -0.1) is 0 Å². The second kappa shape index (κ2) is 30.1. The van der Waals surface area contributed by atoms with Gasteiger partial charge in [0.1, 0.15) is 40.3 Å². The Morgan fingerprint density at radius 1 is 0.408 bits per heavy atom. The third-order valence-electron chi connectivity index (χ3n) is 10.6. The molecule has 0 aromatic heterocycles. The molecule has 20 heteroatoms. The molecule has 0 heterocycles. The third kappa shape index (κ3) is 35.7. The SMILES string of the molecule is CC(C)(C)OC[C@H](CC(=O)CC[C@H](NC(=O)OC(C)(C)C)C(C)(C)C)C(=O)N[C@@H](CSSC[C@H](CC(=O)[C@H](COC(C)(C)C)NC(=O)CC[C@H](NC(=O)OC(C)(C)C)C(C)(C)C)C(=O)OC(C)(C)C)C(=O)OC(C)(C)C. The summed E-state index contributed by atoms with van der Waals surface area (Å²) in [6.45, 7) is 43.1. The number of ether oxygens (including phenoxy) is 6.